The first-order valence-electron chi connectivity index (χ1n) is 10.7. The zero-order valence-electron chi connectivity index (χ0n) is 18.9. The average molecular weight is 459 g/mol. The van der Waals surface area contributed by atoms with E-state index >= 15 is 0 Å². The van der Waals surface area contributed by atoms with E-state index < -0.39 is 0 Å². The molecule has 1 aromatic heterocycles. The highest BCUT2D eigenvalue weighted by molar-refractivity contribution is 7.99. The zero-order valence-corrected chi connectivity index (χ0v) is 19.7. The Bertz CT molecular complexity index is 1210. The molecule has 0 radical (unpaired) electrons. The number of methoxy groups -OCH3 is 1. The van der Waals surface area contributed by atoms with Crippen molar-refractivity contribution in [1.82, 2.24) is 20.1 Å². The molecule has 1 amide bonds. The van der Waals surface area contributed by atoms with Crippen molar-refractivity contribution in [2.24, 2.45) is 0 Å². The van der Waals surface area contributed by atoms with Gasteiger partial charge in [0.15, 0.2) is 5.16 Å². The number of carbonyl (C=O) groups is 1. The highest BCUT2D eigenvalue weighted by Gasteiger charge is 2.15. The summed E-state index contributed by atoms with van der Waals surface area (Å²) in [6.45, 7) is 3.88. The molecule has 0 aliphatic carbocycles. The number of aryl methyl sites for hydroxylation is 1. The molecule has 6 nitrogen and oxygen atoms in total. The molecular weight excluding hydrogens is 432 g/mol. The van der Waals surface area contributed by atoms with Gasteiger partial charge in [-0.1, -0.05) is 66.4 Å². The summed E-state index contributed by atoms with van der Waals surface area (Å²) in [5.41, 5.74) is 4.31. The summed E-state index contributed by atoms with van der Waals surface area (Å²) >= 11 is 1.36. The van der Waals surface area contributed by atoms with Crippen LogP contribution in [0.5, 0.6) is 5.75 Å². The fourth-order valence-corrected chi connectivity index (χ4v) is 4.37. The second kappa shape index (κ2) is 10.4. The summed E-state index contributed by atoms with van der Waals surface area (Å²) < 4.78 is 7.16. The fraction of sp³-hybridized carbons (Fsp3) is 0.192. The summed E-state index contributed by atoms with van der Waals surface area (Å²) in [5.74, 6) is 1.74. The molecular formula is C26H26N4O2S. The van der Waals surface area contributed by atoms with Crippen molar-refractivity contribution in [2.45, 2.75) is 25.0 Å². The smallest absolute Gasteiger partial charge is 0.230 e. The molecule has 4 rings (SSSR count). The second-order valence-corrected chi connectivity index (χ2v) is 8.57. The lowest BCUT2D eigenvalue weighted by Crippen LogP contribution is -2.28. The highest BCUT2D eigenvalue weighted by atomic mass is 32.2. The molecule has 0 saturated heterocycles. The Labute approximate surface area is 198 Å². The van der Waals surface area contributed by atoms with E-state index in [2.05, 4.69) is 51.9 Å². The molecule has 0 unspecified atom stereocenters. The van der Waals surface area contributed by atoms with Crippen LogP contribution in [0, 0.1) is 6.92 Å². The Morgan fingerprint density at radius 1 is 0.970 bits per heavy atom. The van der Waals surface area contributed by atoms with Crippen molar-refractivity contribution in [1.29, 1.82) is 0 Å². The van der Waals surface area contributed by atoms with Gasteiger partial charge in [0.05, 0.1) is 18.9 Å². The van der Waals surface area contributed by atoms with Crippen molar-refractivity contribution >= 4 is 17.7 Å². The summed E-state index contributed by atoms with van der Waals surface area (Å²) in [7, 11) is 1.64. The molecule has 0 bridgehead atoms. The molecule has 168 valence electrons. The van der Waals surface area contributed by atoms with Crippen molar-refractivity contribution in [3.63, 3.8) is 0 Å². The maximum absolute atomic E-state index is 12.6. The van der Waals surface area contributed by atoms with Crippen LogP contribution in [0.25, 0.3) is 16.8 Å². The number of hydrogen-bond donors (Lipinski definition) is 1. The predicted octanol–water partition coefficient (Wildman–Crippen LogP) is 5.22. The van der Waals surface area contributed by atoms with E-state index in [0.717, 1.165) is 28.4 Å². The van der Waals surface area contributed by atoms with Crippen LogP contribution >= 0.6 is 11.8 Å². The van der Waals surface area contributed by atoms with Gasteiger partial charge in [0.25, 0.3) is 0 Å². The minimum atomic E-state index is -0.0934. The zero-order chi connectivity index (χ0) is 23.2. The summed E-state index contributed by atoms with van der Waals surface area (Å²) in [5, 5.41) is 12.2. The van der Waals surface area contributed by atoms with Gasteiger partial charge in [0.1, 0.15) is 11.6 Å². The number of hydrogen-bond acceptors (Lipinski definition) is 5. The lowest BCUT2D eigenvalue weighted by Gasteiger charge is -2.15. The van der Waals surface area contributed by atoms with Crippen LogP contribution in [0.1, 0.15) is 24.4 Å². The SMILES string of the molecule is COc1ccc(-n2c(C)nnc2SCC(=O)N[C@H](C)c2ccc(-c3ccccc3)cc2)cc1. The number of thioether (sulfide) groups is 1. The molecule has 1 atom stereocenters. The lowest BCUT2D eigenvalue weighted by atomic mass is 10.0. The van der Waals surface area contributed by atoms with Gasteiger partial charge in [-0.2, -0.15) is 0 Å². The molecule has 3 aromatic carbocycles. The van der Waals surface area contributed by atoms with E-state index in [1.54, 1.807) is 7.11 Å². The highest BCUT2D eigenvalue weighted by Crippen LogP contribution is 2.24. The second-order valence-electron chi connectivity index (χ2n) is 7.63. The lowest BCUT2D eigenvalue weighted by molar-refractivity contribution is -0.119. The first-order valence-corrected chi connectivity index (χ1v) is 11.7. The molecule has 0 aliphatic rings. The Balaban J connectivity index is 1.37. The maximum Gasteiger partial charge on any atom is 0.230 e. The quantitative estimate of drug-likeness (QED) is 0.367. The van der Waals surface area contributed by atoms with Gasteiger partial charge in [0.2, 0.25) is 5.91 Å². The van der Waals surface area contributed by atoms with Crippen molar-refractivity contribution in [3.8, 4) is 22.6 Å². The number of benzene rings is 3. The van der Waals surface area contributed by atoms with Gasteiger partial charge < -0.3 is 10.1 Å². The number of rotatable bonds is 8. The standard InChI is InChI=1S/C26H26N4O2S/c1-18(20-9-11-22(12-10-20)21-7-5-4-6-8-21)27-25(31)17-33-26-29-28-19(2)30(26)23-13-15-24(32-3)16-14-23/h4-16,18H,17H2,1-3H3,(H,27,31)/t18-/m1/s1. The maximum atomic E-state index is 12.6. The normalized spacial score (nSPS) is 11.7. The third-order valence-corrected chi connectivity index (χ3v) is 6.28. The van der Waals surface area contributed by atoms with Crippen LogP contribution in [0.15, 0.2) is 84.0 Å². The third-order valence-electron chi connectivity index (χ3n) is 5.35. The van der Waals surface area contributed by atoms with E-state index in [0.29, 0.717) is 5.16 Å². The fourth-order valence-electron chi connectivity index (χ4n) is 3.56. The topological polar surface area (TPSA) is 69.0 Å². The first kappa shape index (κ1) is 22.6. The molecule has 4 aromatic rings. The van der Waals surface area contributed by atoms with Gasteiger partial charge in [-0.05, 0) is 54.8 Å². The Kier molecular flexibility index (Phi) is 7.10. The van der Waals surface area contributed by atoms with Crippen LogP contribution in [-0.4, -0.2) is 33.5 Å². The van der Waals surface area contributed by atoms with Crippen LogP contribution in [0.4, 0.5) is 0 Å². The molecule has 1 heterocycles. The van der Waals surface area contributed by atoms with Gasteiger partial charge in [-0.3, -0.25) is 9.36 Å². The molecule has 1 N–H and O–H groups in total. The molecule has 33 heavy (non-hydrogen) atoms. The average Bonchev–Trinajstić information content (AvgIpc) is 3.23. The number of nitrogens with zero attached hydrogens (tertiary/aromatic N) is 3. The Hall–Kier alpha value is -3.58. The van der Waals surface area contributed by atoms with Gasteiger partial charge in [-0.25, -0.2) is 0 Å². The number of amides is 1. The summed E-state index contributed by atoms with van der Waals surface area (Å²) in [4.78, 5) is 12.6. The summed E-state index contributed by atoms with van der Waals surface area (Å²) in [6.07, 6.45) is 0. The van der Waals surface area contributed by atoms with E-state index in [1.807, 2.05) is 60.9 Å². The van der Waals surface area contributed by atoms with E-state index in [9.17, 15) is 4.79 Å². The number of ether oxygens (including phenoxy) is 1. The Morgan fingerprint density at radius 3 is 2.30 bits per heavy atom. The predicted molar refractivity (Wildman–Crippen MR) is 132 cm³/mol. The third kappa shape index (κ3) is 5.43. The van der Waals surface area contributed by atoms with Crippen LogP contribution in [-0.2, 0) is 4.79 Å². The number of aromatic nitrogens is 3. The number of carbonyl (C=O) groups excluding carboxylic acids is 1. The van der Waals surface area contributed by atoms with Crippen LogP contribution < -0.4 is 10.1 Å². The molecule has 0 saturated carbocycles. The largest absolute Gasteiger partial charge is 0.497 e. The van der Waals surface area contributed by atoms with Crippen molar-refractivity contribution < 1.29 is 9.53 Å². The first-order chi connectivity index (χ1) is 16.0. The molecule has 0 spiro atoms. The van der Waals surface area contributed by atoms with E-state index in [4.69, 9.17) is 4.74 Å². The molecule has 0 fully saturated rings. The Morgan fingerprint density at radius 2 is 1.64 bits per heavy atom. The van der Waals surface area contributed by atoms with E-state index in [-0.39, 0.29) is 17.7 Å². The van der Waals surface area contributed by atoms with Gasteiger partial charge in [-0.15, -0.1) is 10.2 Å². The minimum Gasteiger partial charge on any atom is -0.497 e. The van der Waals surface area contributed by atoms with Gasteiger partial charge >= 0.3 is 0 Å². The van der Waals surface area contributed by atoms with E-state index in [1.165, 1.54) is 17.3 Å². The van der Waals surface area contributed by atoms with Crippen molar-refractivity contribution in [3.05, 3.63) is 90.3 Å². The molecule has 0 aliphatic heterocycles. The van der Waals surface area contributed by atoms with Crippen LogP contribution in [0.3, 0.4) is 0 Å². The monoisotopic (exact) mass is 458 g/mol. The molecule has 7 heteroatoms. The van der Waals surface area contributed by atoms with Crippen LogP contribution in [0.2, 0.25) is 0 Å². The minimum absolute atomic E-state index is 0.0541. The van der Waals surface area contributed by atoms with Gasteiger partial charge in [0, 0.05) is 5.69 Å². The van der Waals surface area contributed by atoms with Crippen molar-refractivity contribution in [2.75, 3.05) is 12.9 Å². The number of nitrogens with one attached hydrogen (secondary N) is 1. The summed E-state index contributed by atoms with van der Waals surface area (Å²) in [6, 6.07) is 26.1.